The van der Waals surface area contributed by atoms with Gasteiger partial charge in [-0.2, -0.15) is 0 Å². The average molecular weight is 333 g/mol. The Bertz CT molecular complexity index is 545. The molecule has 102 valence electrons. The molecule has 1 saturated carbocycles. The first-order valence-corrected chi connectivity index (χ1v) is 6.62. The summed E-state index contributed by atoms with van der Waals surface area (Å²) in [5, 5.41) is 9.02. The molecule has 0 amide bonds. The quantitative estimate of drug-likeness (QED) is 0.681. The Morgan fingerprint density at radius 1 is 1.16 bits per heavy atom. The first-order chi connectivity index (χ1) is 8.91. The molecule has 0 heterocycles. The molecule has 1 N–H and O–H groups in total. The topological polar surface area (TPSA) is 54.4 Å². The van der Waals surface area contributed by atoms with E-state index >= 15 is 0 Å². The molecule has 2 unspecified atom stereocenters. The summed E-state index contributed by atoms with van der Waals surface area (Å²) in [6, 6.07) is 1.70. The van der Waals surface area contributed by atoms with Crippen LogP contribution in [0, 0.1) is 23.5 Å². The second kappa shape index (κ2) is 5.36. The van der Waals surface area contributed by atoms with Gasteiger partial charge in [-0.15, -0.1) is 0 Å². The molecule has 0 aliphatic heterocycles. The summed E-state index contributed by atoms with van der Waals surface area (Å²) in [5.74, 6) is -4.85. The summed E-state index contributed by atoms with van der Waals surface area (Å²) >= 11 is 2.83. The highest BCUT2D eigenvalue weighted by molar-refractivity contribution is 9.10. The van der Waals surface area contributed by atoms with Crippen molar-refractivity contribution >= 4 is 27.7 Å². The van der Waals surface area contributed by atoms with Crippen LogP contribution >= 0.6 is 15.9 Å². The van der Waals surface area contributed by atoms with Gasteiger partial charge in [0, 0.05) is 5.92 Å². The molecular formula is C13H11BrF2O3. The molecule has 1 aliphatic carbocycles. The Morgan fingerprint density at radius 2 is 1.79 bits per heavy atom. The second-order valence-corrected chi connectivity index (χ2v) is 5.45. The Kier molecular flexibility index (Phi) is 3.99. The first kappa shape index (κ1) is 14.1. The van der Waals surface area contributed by atoms with Crippen molar-refractivity contribution in [2.24, 2.45) is 11.8 Å². The number of carbonyl (C=O) groups is 2. The third-order valence-electron chi connectivity index (χ3n) is 3.45. The number of benzene rings is 1. The molecule has 0 aromatic heterocycles. The van der Waals surface area contributed by atoms with E-state index in [9.17, 15) is 18.4 Å². The van der Waals surface area contributed by atoms with Crippen LogP contribution in [0.5, 0.6) is 0 Å². The smallest absolute Gasteiger partial charge is 0.307 e. The maximum absolute atomic E-state index is 13.7. The number of ketones is 1. The number of Topliss-reactive ketones (excluding diaryl/α,β-unsaturated/α-hetero) is 1. The molecule has 2 atom stereocenters. The van der Waals surface area contributed by atoms with Gasteiger partial charge in [-0.3, -0.25) is 9.59 Å². The van der Waals surface area contributed by atoms with Gasteiger partial charge in [0.1, 0.15) is 11.6 Å². The maximum atomic E-state index is 13.7. The van der Waals surface area contributed by atoms with Crippen molar-refractivity contribution in [3.8, 4) is 0 Å². The van der Waals surface area contributed by atoms with Gasteiger partial charge < -0.3 is 5.11 Å². The fourth-order valence-corrected chi connectivity index (χ4v) is 2.80. The zero-order valence-corrected chi connectivity index (χ0v) is 11.4. The average Bonchev–Trinajstić information content (AvgIpc) is 2.82. The highest BCUT2D eigenvalue weighted by Crippen LogP contribution is 2.35. The Hall–Kier alpha value is -1.30. The van der Waals surface area contributed by atoms with Gasteiger partial charge in [0.05, 0.1) is 16.0 Å². The summed E-state index contributed by atoms with van der Waals surface area (Å²) < 4.78 is 27.0. The van der Waals surface area contributed by atoms with Crippen molar-refractivity contribution in [3.05, 3.63) is 33.8 Å². The summed E-state index contributed by atoms with van der Waals surface area (Å²) in [6.07, 6.45) is 1.40. The molecule has 1 fully saturated rings. The molecule has 1 aromatic rings. The van der Waals surface area contributed by atoms with Crippen molar-refractivity contribution in [1.82, 2.24) is 0 Å². The number of halogens is 3. The zero-order chi connectivity index (χ0) is 14.2. The van der Waals surface area contributed by atoms with E-state index in [4.69, 9.17) is 5.11 Å². The number of hydrogen-bond acceptors (Lipinski definition) is 2. The van der Waals surface area contributed by atoms with Gasteiger partial charge in [0.2, 0.25) is 0 Å². The van der Waals surface area contributed by atoms with E-state index in [0.717, 1.165) is 12.1 Å². The fraction of sp³-hybridized carbons (Fsp3) is 0.385. The normalized spacial score (nSPS) is 22.5. The minimum absolute atomic E-state index is 0.0669. The Morgan fingerprint density at radius 3 is 2.42 bits per heavy atom. The summed E-state index contributed by atoms with van der Waals surface area (Å²) in [5.41, 5.74) is -0.376. The maximum Gasteiger partial charge on any atom is 0.307 e. The largest absolute Gasteiger partial charge is 0.481 e. The monoisotopic (exact) mass is 332 g/mol. The Balaban J connectivity index is 2.34. The molecule has 3 nitrogen and oxygen atoms in total. The van der Waals surface area contributed by atoms with Gasteiger partial charge in [0.25, 0.3) is 0 Å². The molecule has 0 spiro atoms. The zero-order valence-electron chi connectivity index (χ0n) is 9.83. The van der Waals surface area contributed by atoms with Crippen LogP contribution in [-0.2, 0) is 4.79 Å². The number of carboxylic acids is 1. The number of aliphatic carboxylic acids is 1. The van der Waals surface area contributed by atoms with E-state index in [1.165, 1.54) is 0 Å². The lowest BCUT2D eigenvalue weighted by Gasteiger charge is -2.15. The van der Waals surface area contributed by atoms with Crippen LogP contribution in [-0.4, -0.2) is 16.9 Å². The van der Waals surface area contributed by atoms with Gasteiger partial charge >= 0.3 is 5.97 Å². The van der Waals surface area contributed by atoms with Crippen molar-refractivity contribution in [2.75, 3.05) is 0 Å². The lowest BCUT2D eigenvalue weighted by molar-refractivity contribution is -0.142. The third kappa shape index (κ3) is 2.68. The molecule has 1 aromatic carbocycles. The van der Waals surface area contributed by atoms with Crippen molar-refractivity contribution < 1.29 is 23.5 Å². The van der Waals surface area contributed by atoms with Crippen LogP contribution in [0.25, 0.3) is 0 Å². The Labute approximate surface area is 116 Å². The SMILES string of the molecule is O=C(O)C1CCCC1C(=O)c1cc(F)c(Br)cc1F. The minimum atomic E-state index is -1.06. The molecule has 19 heavy (non-hydrogen) atoms. The number of carbonyl (C=O) groups excluding carboxylic acids is 1. The number of rotatable bonds is 3. The van der Waals surface area contributed by atoms with Crippen molar-refractivity contribution in [2.45, 2.75) is 19.3 Å². The van der Waals surface area contributed by atoms with Crippen LogP contribution in [0.3, 0.4) is 0 Å². The van der Waals surface area contributed by atoms with E-state index in [0.29, 0.717) is 19.3 Å². The predicted molar refractivity (Wildman–Crippen MR) is 66.9 cm³/mol. The van der Waals surface area contributed by atoms with Crippen LogP contribution in [0.4, 0.5) is 8.78 Å². The van der Waals surface area contributed by atoms with Crippen LogP contribution < -0.4 is 0 Å². The summed E-state index contributed by atoms with van der Waals surface area (Å²) in [7, 11) is 0. The van der Waals surface area contributed by atoms with Gasteiger partial charge in [-0.1, -0.05) is 6.42 Å². The van der Waals surface area contributed by atoms with E-state index in [1.807, 2.05) is 0 Å². The lowest BCUT2D eigenvalue weighted by Crippen LogP contribution is -2.26. The molecule has 6 heteroatoms. The number of carboxylic acid groups (broad SMARTS) is 1. The highest BCUT2D eigenvalue weighted by Gasteiger charge is 2.38. The van der Waals surface area contributed by atoms with E-state index in [1.54, 1.807) is 0 Å². The van der Waals surface area contributed by atoms with E-state index in [2.05, 4.69) is 15.9 Å². The predicted octanol–water partition coefficient (Wildman–Crippen LogP) is 3.41. The van der Waals surface area contributed by atoms with Gasteiger partial charge in [-0.25, -0.2) is 8.78 Å². The summed E-state index contributed by atoms with van der Waals surface area (Å²) in [4.78, 5) is 23.2. The van der Waals surface area contributed by atoms with Gasteiger partial charge in [0.15, 0.2) is 5.78 Å². The first-order valence-electron chi connectivity index (χ1n) is 5.83. The van der Waals surface area contributed by atoms with Crippen molar-refractivity contribution in [1.29, 1.82) is 0 Å². The van der Waals surface area contributed by atoms with Crippen molar-refractivity contribution in [3.63, 3.8) is 0 Å². The molecule has 0 saturated heterocycles. The fourth-order valence-electron chi connectivity index (χ4n) is 2.48. The van der Waals surface area contributed by atoms with E-state index in [-0.39, 0.29) is 10.0 Å². The molecule has 1 aliphatic rings. The molecule has 2 rings (SSSR count). The minimum Gasteiger partial charge on any atom is -0.481 e. The number of hydrogen-bond donors (Lipinski definition) is 1. The summed E-state index contributed by atoms with van der Waals surface area (Å²) in [6.45, 7) is 0. The highest BCUT2D eigenvalue weighted by atomic mass is 79.9. The lowest BCUT2D eigenvalue weighted by atomic mass is 9.88. The van der Waals surface area contributed by atoms with Crippen LogP contribution in [0.1, 0.15) is 29.6 Å². The van der Waals surface area contributed by atoms with E-state index < -0.39 is 35.2 Å². The second-order valence-electron chi connectivity index (χ2n) is 4.59. The standard InChI is InChI=1S/C13H11BrF2O3/c14-9-5-10(15)8(4-11(9)16)12(17)6-2-1-3-7(6)13(18)19/h4-7H,1-3H2,(H,18,19). The van der Waals surface area contributed by atoms with Crippen LogP contribution in [0.15, 0.2) is 16.6 Å². The van der Waals surface area contributed by atoms with Crippen LogP contribution in [0.2, 0.25) is 0 Å². The molecular weight excluding hydrogens is 322 g/mol. The molecule has 0 radical (unpaired) electrons. The van der Waals surface area contributed by atoms with Gasteiger partial charge in [-0.05, 0) is 40.9 Å². The third-order valence-corrected chi connectivity index (χ3v) is 4.05. The molecule has 0 bridgehead atoms.